The van der Waals surface area contributed by atoms with E-state index in [9.17, 15) is 5.11 Å². The fourth-order valence-electron chi connectivity index (χ4n) is 4.67. The molecule has 0 amide bonds. The van der Waals surface area contributed by atoms with Crippen LogP contribution in [0.4, 0.5) is 0 Å². The summed E-state index contributed by atoms with van der Waals surface area (Å²) in [6.45, 7) is 11.5. The molecule has 1 unspecified atom stereocenters. The SMILES string of the molecule is Cc1cc(C)n(-c2cccc(CN3CCN(Cc4ccccc4C)C(CCO)C3)c2)n1. The maximum atomic E-state index is 9.67. The number of hydrogen-bond donors (Lipinski definition) is 1. The van der Waals surface area contributed by atoms with Gasteiger partial charge in [0, 0.05) is 51.1 Å². The minimum atomic E-state index is 0.232. The molecule has 1 saturated heterocycles. The van der Waals surface area contributed by atoms with E-state index in [0.717, 1.165) is 56.2 Å². The van der Waals surface area contributed by atoms with Gasteiger partial charge in [-0.05, 0) is 62.1 Å². The maximum absolute atomic E-state index is 9.67. The lowest BCUT2D eigenvalue weighted by Crippen LogP contribution is -2.52. The van der Waals surface area contributed by atoms with Crippen LogP contribution >= 0.6 is 0 Å². The number of aliphatic hydroxyl groups excluding tert-OH is 1. The molecule has 1 fully saturated rings. The van der Waals surface area contributed by atoms with Gasteiger partial charge < -0.3 is 5.11 Å². The Hall–Kier alpha value is -2.47. The summed E-state index contributed by atoms with van der Waals surface area (Å²) < 4.78 is 2.02. The van der Waals surface area contributed by atoms with Gasteiger partial charge in [-0.15, -0.1) is 0 Å². The number of aryl methyl sites for hydroxylation is 3. The van der Waals surface area contributed by atoms with Crippen LogP contribution in [-0.2, 0) is 13.1 Å². The van der Waals surface area contributed by atoms with Crippen LogP contribution in [0, 0.1) is 20.8 Å². The summed E-state index contributed by atoms with van der Waals surface area (Å²) >= 11 is 0. The van der Waals surface area contributed by atoms with Crippen LogP contribution in [0.2, 0.25) is 0 Å². The fraction of sp³-hybridized carbons (Fsp3) is 0.423. The second-order valence-corrected chi connectivity index (χ2v) is 8.81. The van der Waals surface area contributed by atoms with Crippen molar-refractivity contribution in [3.8, 4) is 5.69 Å². The van der Waals surface area contributed by atoms with Crippen LogP contribution in [0.5, 0.6) is 0 Å². The van der Waals surface area contributed by atoms with Gasteiger partial charge in [0.25, 0.3) is 0 Å². The Morgan fingerprint density at radius 3 is 2.55 bits per heavy atom. The van der Waals surface area contributed by atoms with E-state index in [1.54, 1.807) is 0 Å². The van der Waals surface area contributed by atoms with Crippen molar-refractivity contribution < 1.29 is 5.11 Å². The molecule has 1 aromatic heterocycles. The van der Waals surface area contributed by atoms with Gasteiger partial charge in [-0.3, -0.25) is 9.80 Å². The third-order valence-electron chi connectivity index (χ3n) is 6.36. The summed E-state index contributed by atoms with van der Waals surface area (Å²) in [5.74, 6) is 0. The summed E-state index contributed by atoms with van der Waals surface area (Å²) in [6, 6.07) is 19.8. The van der Waals surface area contributed by atoms with Crippen molar-refractivity contribution in [1.29, 1.82) is 0 Å². The van der Waals surface area contributed by atoms with Gasteiger partial charge >= 0.3 is 0 Å². The number of benzene rings is 2. The molecule has 2 aromatic carbocycles. The zero-order valence-corrected chi connectivity index (χ0v) is 19.0. The van der Waals surface area contributed by atoms with E-state index in [2.05, 4.69) is 83.3 Å². The summed E-state index contributed by atoms with van der Waals surface area (Å²) in [6.07, 6.45) is 0.814. The summed E-state index contributed by atoms with van der Waals surface area (Å²) in [4.78, 5) is 5.07. The van der Waals surface area contributed by atoms with Crippen molar-refractivity contribution in [2.24, 2.45) is 0 Å². The highest BCUT2D eigenvalue weighted by atomic mass is 16.3. The summed E-state index contributed by atoms with van der Waals surface area (Å²) in [5, 5.41) is 14.3. The molecule has 0 saturated carbocycles. The minimum Gasteiger partial charge on any atom is -0.396 e. The van der Waals surface area contributed by atoms with E-state index in [1.807, 2.05) is 11.6 Å². The Morgan fingerprint density at radius 1 is 0.968 bits per heavy atom. The van der Waals surface area contributed by atoms with Gasteiger partial charge in [-0.2, -0.15) is 5.10 Å². The van der Waals surface area contributed by atoms with Crippen LogP contribution < -0.4 is 0 Å². The first-order chi connectivity index (χ1) is 15.0. The van der Waals surface area contributed by atoms with Crippen molar-refractivity contribution in [3.05, 3.63) is 82.7 Å². The average molecular weight is 419 g/mol. The van der Waals surface area contributed by atoms with Crippen LogP contribution in [-0.4, -0.2) is 57.0 Å². The third-order valence-corrected chi connectivity index (χ3v) is 6.36. The van der Waals surface area contributed by atoms with Crippen LogP contribution in [0.1, 0.15) is 34.5 Å². The molecule has 0 radical (unpaired) electrons. The smallest absolute Gasteiger partial charge is 0.0651 e. The Labute approximate surface area is 185 Å². The van der Waals surface area contributed by atoms with Crippen molar-refractivity contribution in [2.45, 2.75) is 46.3 Å². The van der Waals surface area contributed by atoms with Crippen molar-refractivity contribution >= 4 is 0 Å². The first-order valence-corrected chi connectivity index (χ1v) is 11.3. The van der Waals surface area contributed by atoms with Gasteiger partial charge in [0.1, 0.15) is 0 Å². The van der Waals surface area contributed by atoms with Gasteiger partial charge in [-0.25, -0.2) is 4.68 Å². The first-order valence-electron chi connectivity index (χ1n) is 11.3. The molecule has 1 N–H and O–H groups in total. The van der Waals surface area contributed by atoms with Crippen LogP contribution in [0.15, 0.2) is 54.6 Å². The van der Waals surface area contributed by atoms with E-state index in [0.29, 0.717) is 6.04 Å². The molecule has 1 aliphatic heterocycles. The molecule has 4 rings (SSSR count). The highest BCUT2D eigenvalue weighted by molar-refractivity contribution is 5.37. The Kier molecular flexibility index (Phi) is 6.86. The monoisotopic (exact) mass is 418 g/mol. The van der Waals surface area contributed by atoms with Gasteiger partial charge in [-0.1, -0.05) is 36.4 Å². The van der Waals surface area contributed by atoms with Crippen LogP contribution in [0.25, 0.3) is 5.69 Å². The lowest BCUT2D eigenvalue weighted by Gasteiger charge is -2.41. The normalized spacial score (nSPS) is 17.9. The Bertz CT molecular complexity index is 1010. The van der Waals surface area contributed by atoms with Crippen molar-refractivity contribution in [3.63, 3.8) is 0 Å². The topological polar surface area (TPSA) is 44.5 Å². The maximum Gasteiger partial charge on any atom is 0.0651 e. The van der Waals surface area contributed by atoms with E-state index >= 15 is 0 Å². The third kappa shape index (κ3) is 5.24. The summed E-state index contributed by atoms with van der Waals surface area (Å²) in [5.41, 5.74) is 7.35. The number of aromatic nitrogens is 2. The number of hydrogen-bond acceptors (Lipinski definition) is 4. The number of aliphatic hydroxyl groups is 1. The highest BCUT2D eigenvalue weighted by Gasteiger charge is 2.27. The van der Waals surface area contributed by atoms with Crippen molar-refractivity contribution in [1.82, 2.24) is 19.6 Å². The lowest BCUT2D eigenvalue weighted by molar-refractivity contribution is 0.0498. The minimum absolute atomic E-state index is 0.232. The second-order valence-electron chi connectivity index (χ2n) is 8.81. The molecular formula is C26H34N4O. The van der Waals surface area contributed by atoms with E-state index < -0.39 is 0 Å². The standard InChI is InChI=1S/C26H34N4O/c1-20-7-4-5-9-24(20)18-29-13-12-28(19-26(29)11-14-31)17-23-8-6-10-25(16-23)30-22(3)15-21(2)27-30/h4-10,15-16,26,31H,11-14,17-19H2,1-3H3. The molecule has 2 heterocycles. The number of rotatable bonds is 7. The molecule has 3 aromatic rings. The fourth-order valence-corrected chi connectivity index (χ4v) is 4.67. The number of nitrogens with zero attached hydrogens (tertiary/aromatic N) is 4. The van der Waals surface area contributed by atoms with Crippen molar-refractivity contribution in [2.75, 3.05) is 26.2 Å². The Balaban J connectivity index is 1.44. The summed E-state index contributed by atoms with van der Waals surface area (Å²) in [7, 11) is 0. The van der Waals surface area contributed by atoms with Gasteiger partial charge in [0.05, 0.1) is 11.4 Å². The Morgan fingerprint density at radius 2 is 1.81 bits per heavy atom. The molecule has 0 spiro atoms. The van der Waals surface area contributed by atoms with E-state index in [1.165, 1.54) is 16.7 Å². The first kappa shape index (κ1) is 21.8. The molecule has 1 aliphatic rings. The van der Waals surface area contributed by atoms with Gasteiger partial charge in [0.15, 0.2) is 0 Å². The van der Waals surface area contributed by atoms with Crippen LogP contribution in [0.3, 0.4) is 0 Å². The average Bonchev–Trinajstić information content (AvgIpc) is 3.10. The largest absolute Gasteiger partial charge is 0.396 e. The molecule has 31 heavy (non-hydrogen) atoms. The molecule has 5 nitrogen and oxygen atoms in total. The van der Waals surface area contributed by atoms with E-state index in [-0.39, 0.29) is 6.61 Å². The molecule has 0 bridgehead atoms. The predicted molar refractivity (Wildman–Crippen MR) is 125 cm³/mol. The zero-order valence-electron chi connectivity index (χ0n) is 19.0. The lowest BCUT2D eigenvalue weighted by atomic mass is 10.0. The molecular weight excluding hydrogens is 384 g/mol. The van der Waals surface area contributed by atoms with Gasteiger partial charge in [0.2, 0.25) is 0 Å². The predicted octanol–water partition coefficient (Wildman–Crippen LogP) is 3.87. The molecule has 164 valence electrons. The second kappa shape index (κ2) is 9.77. The highest BCUT2D eigenvalue weighted by Crippen LogP contribution is 2.21. The number of piperazine rings is 1. The molecule has 1 atom stereocenters. The van der Waals surface area contributed by atoms with E-state index in [4.69, 9.17) is 0 Å². The zero-order chi connectivity index (χ0) is 21.8. The molecule has 5 heteroatoms. The molecule has 0 aliphatic carbocycles. The quantitative estimate of drug-likeness (QED) is 0.633.